The molecule has 0 unspecified atom stereocenters. The predicted molar refractivity (Wildman–Crippen MR) is 161 cm³/mol. The van der Waals surface area contributed by atoms with Crippen LogP contribution in [-0.4, -0.2) is 72.7 Å². The average Bonchev–Trinajstić information content (AvgIpc) is 3.48. The van der Waals surface area contributed by atoms with Crippen molar-refractivity contribution in [2.45, 2.75) is 56.9 Å². The summed E-state index contributed by atoms with van der Waals surface area (Å²) in [6.07, 6.45) is 3.05. The smallest absolute Gasteiger partial charge is 0.421 e. The number of methoxy groups -OCH3 is 1. The molecule has 0 atom stereocenters. The number of hydrogen-bond acceptors (Lipinski definition) is 10. The van der Waals surface area contributed by atoms with Crippen LogP contribution in [0.15, 0.2) is 49.3 Å². The number of rotatable bonds is 11. The molecule has 0 aliphatic heterocycles. The Balaban J connectivity index is 1.27. The third kappa shape index (κ3) is 8.36. The van der Waals surface area contributed by atoms with E-state index in [0.717, 1.165) is 6.20 Å². The number of urea groups is 1. The summed E-state index contributed by atoms with van der Waals surface area (Å²) in [4.78, 5) is 39.2. The maximum atomic E-state index is 13.7. The molecule has 1 fully saturated rings. The van der Waals surface area contributed by atoms with Gasteiger partial charge in [0.1, 0.15) is 23.0 Å². The summed E-state index contributed by atoms with van der Waals surface area (Å²) in [6, 6.07) is 2.20. The summed E-state index contributed by atoms with van der Waals surface area (Å²) < 4.78 is 73.6. The highest BCUT2D eigenvalue weighted by atomic mass is 19.4. The summed E-state index contributed by atoms with van der Waals surface area (Å²) in [5, 5.41) is 8.08. The number of halogens is 5. The minimum absolute atomic E-state index is 0.00934. The number of imidazole rings is 1. The van der Waals surface area contributed by atoms with Gasteiger partial charge in [0.25, 0.3) is 6.43 Å². The van der Waals surface area contributed by atoms with Crippen LogP contribution in [0.3, 0.4) is 0 Å². The molecule has 0 spiro atoms. The van der Waals surface area contributed by atoms with E-state index in [9.17, 15) is 26.7 Å². The molecule has 4 aromatic rings. The van der Waals surface area contributed by atoms with Crippen molar-refractivity contribution >= 4 is 23.6 Å². The van der Waals surface area contributed by atoms with Gasteiger partial charge in [-0.3, -0.25) is 4.90 Å². The Hall–Kier alpha value is -5.16. The third-order valence-electron chi connectivity index (χ3n) is 7.59. The van der Waals surface area contributed by atoms with Crippen LogP contribution in [-0.2, 0) is 19.8 Å². The third-order valence-corrected chi connectivity index (χ3v) is 7.59. The number of alkyl halides is 5. The summed E-state index contributed by atoms with van der Waals surface area (Å²) in [7, 11) is 3.18. The number of amides is 2. The molecule has 18 heteroatoms. The minimum Gasteiger partial charge on any atom is -0.467 e. The van der Waals surface area contributed by atoms with Crippen molar-refractivity contribution in [3.63, 3.8) is 0 Å². The van der Waals surface area contributed by atoms with E-state index in [0.29, 0.717) is 42.6 Å². The lowest BCUT2D eigenvalue weighted by molar-refractivity contribution is -0.137. The number of nitrogens with zero attached hydrogens (tertiary/aromatic N) is 8. The molecular formula is C29H32F5N11O2. The number of aromatic nitrogens is 7. The molecule has 3 N–H and O–H groups in total. The molecule has 0 aromatic carbocycles. The maximum Gasteiger partial charge on any atom is 0.421 e. The standard InChI is InChI=1S/C29H32F5N11O2/c1-44-10-9-35-24(44)16-37-25-21(29(32,33)34)14-38-26(43-25)42-19-4-6-20(7-5-19)45(28(46)41-15-22(30)31)23-8-3-17(11-36-23)18-12-39-27(47-2)40-13-18/h3,8-14,19-20,22H,4-7,15-16H2,1-2H3,(H,41,46)(H2,37,38,42,43). The second-order valence-corrected chi connectivity index (χ2v) is 10.7. The van der Waals surface area contributed by atoms with Gasteiger partial charge in [0.2, 0.25) is 5.95 Å². The summed E-state index contributed by atoms with van der Waals surface area (Å²) in [5.41, 5.74) is 0.317. The SMILES string of the molecule is COc1ncc(-c2ccc(N(C(=O)NCC(F)F)C3CCC(Nc4ncc(C(F)(F)F)c(NCc5nccn5C)n4)CC3)nc2)cn1. The Morgan fingerprint density at radius 3 is 2.34 bits per heavy atom. The van der Waals surface area contributed by atoms with E-state index in [4.69, 9.17) is 4.74 Å². The van der Waals surface area contributed by atoms with Crippen LogP contribution in [0, 0.1) is 0 Å². The number of nitrogens with one attached hydrogen (secondary N) is 3. The van der Waals surface area contributed by atoms with Gasteiger partial charge in [0.05, 0.1) is 20.2 Å². The maximum absolute atomic E-state index is 13.7. The number of carbonyl (C=O) groups is 1. The first-order chi connectivity index (χ1) is 22.5. The molecule has 0 saturated heterocycles. The minimum atomic E-state index is -4.68. The van der Waals surface area contributed by atoms with E-state index in [-0.39, 0.29) is 36.2 Å². The first-order valence-electron chi connectivity index (χ1n) is 14.6. The molecule has 5 rings (SSSR count). The Morgan fingerprint density at radius 2 is 1.74 bits per heavy atom. The van der Waals surface area contributed by atoms with Gasteiger partial charge in [0.15, 0.2) is 0 Å². The lowest BCUT2D eigenvalue weighted by Gasteiger charge is -2.36. The largest absolute Gasteiger partial charge is 0.467 e. The van der Waals surface area contributed by atoms with Crippen molar-refractivity contribution in [1.29, 1.82) is 0 Å². The van der Waals surface area contributed by atoms with Crippen molar-refractivity contribution in [1.82, 2.24) is 39.8 Å². The van der Waals surface area contributed by atoms with Crippen LogP contribution in [0.4, 0.5) is 44.3 Å². The Morgan fingerprint density at radius 1 is 1.02 bits per heavy atom. The van der Waals surface area contributed by atoms with Gasteiger partial charge < -0.3 is 25.3 Å². The van der Waals surface area contributed by atoms with E-state index in [1.165, 1.54) is 24.4 Å². The molecule has 1 aliphatic rings. The lowest BCUT2D eigenvalue weighted by atomic mass is 9.90. The highest BCUT2D eigenvalue weighted by molar-refractivity contribution is 5.91. The zero-order valence-electron chi connectivity index (χ0n) is 25.4. The predicted octanol–water partition coefficient (Wildman–Crippen LogP) is 4.91. The second kappa shape index (κ2) is 14.5. The van der Waals surface area contributed by atoms with E-state index < -0.39 is 36.8 Å². The lowest BCUT2D eigenvalue weighted by Crippen LogP contribution is -2.50. The van der Waals surface area contributed by atoms with Crippen LogP contribution < -0.4 is 25.6 Å². The van der Waals surface area contributed by atoms with Gasteiger partial charge in [-0.1, -0.05) is 0 Å². The molecule has 1 aliphatic carbocycles. The van der Waals surface area contributed by atoms with Crippen molar-refractivity contribution in [3.8, 4) is 17.1 Å². The number of carbonyl (C=O) groups excluding carboxylic acids is 1. The van der Waals surface area contributed by atoms with Gasteiger partial charge in [0, 0.05) is 67.4 Å². The topological polar surface area (TPSA) is 148 Å². The molecule has 0 bridgehead atoms. The molecule has 4 aromatic heterocycles. The van der Waals surface area contributed by atoms with Crippen molar-refractivity contribution in [2.24, 2.45) is 7.05 Å². The molecule has 13 nitrogen and oxygen atoms in total. The average molecular weight is 662 g/mol. The van der Waals surface area contributed by atoms with Crippen LogP contribution in [0.2, 0.25) is 0 Å². The number of pyridine rings is 1. The van der Waals surface area contributed by atoms with Crippen LogP contribution in [0.5, 0.6) is 6.01 Å². The summed E-state index contributed by atoms with van der Waals surface area (Å²) in [5.74, 6) is 0.408. The molecule has 0 radical (unpaired) electrons. The number of anilines is 3. The van der Waals surface area contributed by atoms with Gasteiger partial charge in [-0.25, -0.2) is 38.5 Å². The summed E-state index contributed by atoms with van der Waals surface area (Å²) in [6.45, 7) is -0.810. The molecule has 1 saturated carbocycles. The van der Waals surface area contributed by atoms with Crippen molar-refractivity contribution in [2.75, 3.05) is 29.2 Å². The van der Waals surface area contributed by atoms with Gasteiger partial charge >= 0.3 is 18.2 Å². The first-order valence-corrected chi connectivity index (χ1v) is 14.6. The highest BCUT2D eigenvalue weighted by Crippen LogP contribution is 2.35. The fraction of sp³-hybridized carbons (Fsp3) is 0.414. The monoisotopic (exact) mass is 661 g/mol. The Bertz CT molecular complexity index is 1630. The van der Waals surface area contributed by atoms with Crippen molar-refractivity contribution in [3.05, 3.63) is 60.7 Å². The van der Waals surface area contributed by atoms with Gasteiger partial charge in [-0.05, 0) is 37.8 Å². The highest BCUT2D eigenvalue weighted by Gasteiger charge is 2.36. The van der Waals surface area contributed by atoms with Crippen LogP contribution in [0.1, 0.15) is 37.1 Å². The van der Waals surface area contributed by atoms with Crippen LogP contribution >= 0.6 is 0 Å². The summed E-state index contributed by atoms with van der Waals surface area (Å²) >= 11 is 0. The normalized spacial score (nSPS) is 16.5. The Kier molecular flexibility index (Phi) is 10.3. The van der Waals surface area contributed by atoms with Crippen LogP contribution in [0.25, 0.3) is 11.1 Å². The van der Waals surface area contributed by atoms with E-state index >= 15 is 0 Å². The fourth-order valence-corrected chi connectivity index (χ4v) is 5.16. The zero-order valence-corrected chi connectivity index (χ0v) is 25.4. The number of ether oxygens (including phenoxy) is 1. The molecule has 2 amide bonds. The molecule has 4 heterocycles. The van der Waals surface area contributed by atoms with E-state index in [1.807, 2.05) is 0 Å². The first kappa shape index (κ1) is 33.2. The second-order valence-electron chi connectivity index (χ2n) is 10.7. The molecule has 47 heavy (non-hydrogen) atoms. The number of hydrogen-bond donors (Lipinski definition) is 3. The quantitative estimate of drug-likeness (QED) is 0.190. The Labute approximate surface area is 266 Å². The molecular weight excluding hydrogens is 629 g/mol. The molecule has 250 valence electrons. The van der Waals surface area contributed by atoms with E-state index in [1.54, 1.807) is 42.3 Å². The van der Waals surface area contributed by atoms with Gasteiger partial charge in [-0.15, -0.1) is 0 Å². The van der Waals surface area contributed by atoms with Gasteiger partial charge in [-0.2, -0.15) is 18.2 Å². The van der Waals surface area contributed by atoms with Crippen molar-refractivity contribution < 1.29 is 31.5 Å². The zero-order chi connectivity index (χ0) is 33.6. The van der Waals surface area contributed by atoms with E-state index in [2.05, 4.69) is 45.9 Å². The number of aryl methyl sites for hydroxylation is 1. The fourth-order valence-electron chi connectivity index (χ4n) is 5.16.